The van der Waals surface area contributed by atoms with E-state index in [9.17, 15) is 4.79 Å². The molecule has 116 valence electrons. The van der Waals surface area contributed by atoms with Crippen molar-refractivity contribution >= 4 is 18.3 Å². The lowest BCUT2D eigenvalue weighted by Crippen LogP contribution is -2.45. The van der Waals surface area contributed by atoms with Crippen molar-refractivity contribution in [2.75, 3.05) is 19.6 Å². The van der Waals surface area contributed by atoms with Crippen LogP contribution in [0.2, 0.25) is 0 Å². The molecule has 0 spiro atoms. The van der Waals surface area contributed by atoms with Crippen LogP contribution < -0.4 is 5.32 Å². The molecule has 3 fully saturated rings. The number of piperidine rings is 1. The summed E-state index contributed by atoms with van der Waals surface area (Å²) in [5.41, 5.74) is 0.766. The van der Waals surface area contributed by atoms with Gasteiger partial charge in [0.25, 0.3) is 0 Å². The molecular weight excluding hydrogens is 272 g/mol. The van der Waals surface area contributed by atoms with E-state index in [0.717, 1.165) is 32.5 Å². The Morgan fingerprint density at radius 1 is 1.25 bits per heavy atom. The van der Waals surface area contributed by atoms with Crippen LogP contribution in [0.3, 0.4) is 0 Å². The van der Waals surface area contributed by atoms with Crippen LogP contribution in [-0.2, 0) is 4.79 Å². The zero-order chi connectivity index (χ0) is 13.7. The van der Waals surface area contributed by atoms with Gasteiger partial charge in [0.05, 0.1) is 5.92 Å². The number of halogens is 1. The summed E-state index contributed by atoms with van der Waals surface area (Å²) in [7, 11) is 0. The Bertz CT molecular complexity index is 379. The molecule has 3 atom stereocenters. The third-order valence-electron chi connectivity index (χ3n) is 5.34. The fraction of sp³-hybridized carbons (Fsp3) is 0.938. The van der Waals surface area contributed by atoms with Crippen molar-refractivity contribution in [1.82, 2.24) is 10.2 Å². The number of rotatable bonds is 1. The van der Waals surface area contributed by atoms with E-state index < -0.39 is 0 Å². The van der Waals surface area contributed by atoms with Crippen LogP contribution in [0.1, 0.15) is 52.9 Å². The maximum atomic E-state index is 12.8. The van der Waals surface area contributed by atoms with Crippen LogP contribution in [0.25, 0.3) is 0 Å². The first kappa shape index (κ1) is 16.1. The van der Waals surface area contributed by atoms with E-state index >= 15 is 0 Å². The van der Waals surface area contributed by atoms with E-state index in [1.165, 1.54) is 19.3 Å². The van der Waals surface area contributed by atoms with Gasteiger partial charge in [0.2, 0.25) is 5.91 Å². The Morgan fingerprint density at radius 3 is 2.65 bits per heavy atom. The van der Waals surface area contributed by atoms with Gasteiger partial charge < -0.3 is 10.2 Å². The smallest absolute Gasteiger partial charge is 0.227 e. The van der Waals surface area contributed by atoms with Crippen LogP contribution in [0.5, 0.6) is 0 Å². The lowest BCUT2D eigenvalue weighted by molar-refractivity contribution is -0.137. The first-order chi connectivity index (χ1) is 8.89. The van der Waals surface area contributed by atoms with E-state index in [1.807, 2.05) is 0 Å². The number of nitrogens with one attached hydrogen (secondary N) is 1. The van der Waals surface area contributed by atoms with Crippen LogP contribution in [0.15, 0.2) is 0 Å². The molecule has 1 N–H and O–H groups in total. The summed E-state index contributed by atoms with van der Waals surface area (Å²) in [6, 6.07) is 0.503. The molecule has 2 saturated heterocycles. The minimum atomic E-state index is 0. The molecule has 0 aromatic rings. The number of carbonyl (C=O) groups excluding carboxylic acids is 1. The number of hydrogen-bond acceptors (Lipinski definition) is 2. The highest BCUT2D eigenvalue weighted by Gasteiger charge is 2.51. The highest BCUT2D eigenvalue weighted by atomic mass is 35.5. The number of hydrogen-bond donors (Lipinski definition) is 1. The molecule has 0 aromatic carbocycles. The average molecular weight is 301 g/mol. The fourth-order valence-corrected chi connectivity index (χ4v) is 5.01. The van der Waals surface area contributed by atoms with Gasteiger partial charge in [-0.2, -0.15) is 0 Å². The van der Waals surface area contributed by atoms with E-state index in [4.69, 9.17) is 0 Å². The second-order valence-electron chi connectivity index (χ2n) is 8.22. The van der Waals surface area contributed by atoms with Gasteiger partial charge >= 0.3 is 0 Å². The molecule has 2 aliphatic heterocycles. The topological polar surface area (TPSA) is 32.3 Å². The summed E-state index contributed by atoms with van der Waals surface area (Å²) >= 11 is 0. The lowest BCUT2D eigenvalue weighted by atomic mass is 9.65. The Morgan fingerprint density at radius 2 is 2.00 bits per heavy atom. The zero-order valence-electron chi connectivity index (χ0n) is 13.1. The maximum absolute atomic E-state index is 12.8. The van der Waals surface area contributed by atoms with Crippen molar-refractivity contribution < 1.29 is 4.79 Å². The van der Waals surface area contributed by atoms with Gasteiger partial charge in [0.15, 0.2) is 0 Å². The predicted octanol–water partition coefficient (Wildman–Crippen LogP) is 2.84. The second kappa shape index (κ2) is 5.49. The Labute approximate surface area is 129 Å². The highest BCUT2D eigenvalue weighted by molar-refractivity contribution is 5.85. The lowest BCUT2D eigenvalue weighted by Gasteiger charge is -2.39. The summed E-state index contributed by atoms with van der Waals surface area (Å²) in [6.45, 7) is 10.1. The number of fused-ring (bicyclic) bond motifs is 2. The molecule has 0 aromatic heterocycles. The summed E-state index contributed by atoms with van der Waals surface area (Å²) in [4.78, 5) is 15.0. The molecule has 1 aliphatic carbocycles. The number of amides is 1. The van der Waals surface area contributed by atoms with Gasteiger partial charge in [-0.05, 0) is 49.5 Å². The predicted molar refractivity (Wildman–Crippen MR) is 84.1 cm³/mol. The largest absolute Gasteiger partial charge is 0.339 e. The Hall–Kier alpha value is -0.280. The van der Waals surface area contributed by atoms with Crippen LogP contribution in [0, 0.1) is 16.7 Å². The fourth-order valence-electron chi connectivity index (χ4n) is 5.01. The van der Waals surface area contributed by atoms with Crippen molar-refractivity contribution in [3.8, 4) is 0 Å². The standard InChI is InChI=1S/C16H28N2O.ClH/c1-15(2)7-13-8-16(3,10-15)11-18(13)14(19)12-5-4-6-17-9-12;/h12-13,17H,4-11H2,1-3H3;1H. The van der Waals surface area contributed by atoms with Crippen LogP contribution in [0.4, 0.5) is 0 Å². The van der Waals surface area contributed by atoms with Crippen molar-refractivity contribution in [2.45, 2.75) is 58.9 Å². The summed E-state index contributed by atoms with van der Waals surface area (Å²) in [5, 5.41) is 3.38. The molecule has 1 saturated carbocycles. The zero-order valence-corrected chi connectivity index (χ0v) is 13.9. The van der Waals surface area contributed by atoms with Gasteiger partial charge in [0, 0.05) is 19.1 Å². The molecule has 3 nitrogen and oxygen atoms in total. The van der Waals surface area contributed by atoms with Gasteiger partial charge in [0.1, 0.15) is 0 Å². The van der Waals surface area contributed by atoms with E-state index in [1.54, 1.807) is 0 Å². The SMILES string of the molecule is CC1(C)CC2CC(C)(CN2C(=O)C2CCCNC2)C1.Cl. The molecule has 3 unspecified atom stereocenters. The molecule has 3 aliphatic rings. The molecule has 1 amide bonds. The molecule has 4 heteroatoms. The normalized spacial score (nSPS) is 39.2. The average Bonchev–Trinajstić information content (AvgIpc) is 2.59. The van der Waals surface area contributed by atoms with Gasteiger partial charge in [-0.25, -0.2) is 0 Å². The van der Waals surface area contributed by atoms with Crippen molar-refractivity contribution in [2.24, 2.45) is 16.7 Å². The molecular formula is C16H29ClN2O. The van der Waals surface area contributed by atoms with Gasteiger partial charge in [-0.1, -0.05) is 20.8 Å². The van der Waals surface area contributed by atoms with Gasteiger partial charge in [-0.15, -0.1) is 12.4 Å². The number of likely N-dealkylation sites (tertiary alicyclic amines) is 1. The van der Waals surface area contributed by atoms with Crippen molar-refractivity contribution in [3.05, 3.63) is 0 Å². The van der Waals surface area contributed by atoms with Crippen molar-refractivity contribution in [3.63, 3.8) is 0 Å². The molecule has 3 rings (SSSR count). The Balaban J connectivity index is 0.00000147. The van der Waals surface area contributed by atoms with E-state index in [-0.39, 0.29) is 18.3 Å². The summed E-state index contributed by atoms with van der Waals surface area (Å²) in [6.07, 6.45) is 5.91. The first-order valence-electron chi connectivity index (χ1n) is 7.90. The minimum Gasteiger partial charge on any atom is -0.339 e. The molecule has 2 heterocycles. The Kier molecular flexibility index (Phi) is 4.42. The highest BCUT2D eigenvalue weighted by Crippen LogP contribution is 2.52. The second-order valence-corrected chi connectivity index (χ2v) is 8.22. The minimum absolute atomic E-state index is 0. The maximum Gasteiger partial charge on any atom is 0.227 e. The number of nitrogens with zero attached hydrogens (tertiary/aromatic N) is 1. The summed E-state index contributed by atoms with van der Waals surface area (Å²) in [5.74, 6) is 0.665. The summed E-state index contributed by atoms with van der Waals surface area (Å²) < 4.78 is 0. The monoisotopic (exact) mass is 300 g/mol. The number of carbonyl (C=O) groups is 1. The van der Waals surface area contributed by atoms with Crippen LogP contribution >= 0.6 is 12.4 Å². The first-order valence-corrected chi connectivity index (χ1v) is 7.90. The molecule has 0 radical (unpaired) electrons. The van der Waals surface area contributed by atoms with Crippen molar-refractivity contribution in [1.29, 1.82) is 0 Å². The third-order valence-corrected chi connectivity index (χ3v) is 5.34. The van der Waals surface area contributed by atoms with Gasteiger partial charge in [-0.3, -0.25) is 4.79 Å². The van der Waals surface area contributed by atoms with E-state index in [2.05, 4.69) is 31.0 Å². The molecule has 20 heavy (non-hydrogen) atoms. The van der Waals surface area contributed by atoms with E-state index in [0.29, 0.717) is 22.8 Å². The third kappa shape index (κ3) is 2.99. The van der Waals surface area contributed by atoms with Crippen LogP contribution in [-0.4, -0.2) is 36.5 Å². The quantitative estimate of drug-likeness (QED) is 0.807. The molecule has 2 bridgehead atoms.